The van der Waals surface area contributed by atoms with E-state index in [0.717, 1.165) is 0 Å². The van der Waals surface area contributed by atoms with Crippen LogP contribution in [0.1, 0.15) is 50.0 Å². The van der Waals surface area contributed by atoms with E-state index in [1.54, 1.807) is 6.07 Å². The monoisotopic (exact) mass is 462 g/mol. The topological polar surface area (TPSA) is 130 Å². The van der Waals surface area contributed by atoms with Crippen LogP contribution in [-0.4, -0.2) is 58.1 Å². The van der Waals surface area contributed by atoms with Gasteiger partial charge in [-0.1, -0.05) is 12.1 Å². The van der Waals surface area contributed by atoms with Crippen molar-refractivity contribution in [2.75, 3.05) is 12.0 Å². The molecule has 0 aliphatic rings. The van der Waals surface area contributed by atoms with Crippen LogP contribution in [0.4, 0.5) is 4.39 Å². The fourth-order valence-corrected chi connectivity index (χ4v) is 3.69. The van der Waals surface area contributed by atoms with E-state index >= 15 is 0 Å². The number of benzene rings is 2. The second-order valence-electron chi connectivity index (χ2n) is 7.47. The average molecular weight is 463 g/mol. The van der Waals surface area contributed by atoms with E-state index in [2.05, 4.69) is 5.32 Å². The van der Waals surface area contributed by atoms with Crippen molar-refractivity contribution in [1.82, 2.24) is 5.32 Å². The van der Waals surface area contributed by atoms with Gasteiger partial charge in [0.25, 0.3) is 5.91 Å². The van der Waals surface area contributed by atoms with E-state index in [1.165, 1.54) is 55.1 Å². The standard InChI is InChI=1S/C23H27FN2O5S/c1-13(27)15-10-16(22(25)30)12-17(11-15)23(31)26-19(21(29)20(28)6-7-32-2)9-14-4-3-5-18(24)8-14/h3-5,8,10-12,19-21,28-29H,6-7,9H2,1-2H3,(H2,25,30)(H,26,31). The molecule has 0 radical (unpaired) electrons. The van der Waals surface area contributed by atoms with Crippen molar-refractivity contribution < 1.29 is 29.0 Å². The molecule has 32 heavy (non-hydrogen) atoms. The number of aliphatic hydroxyl groups excluding tert-OH is 2. The Labute approximate surface area is 190 Å². The van der Waals surface area contributed by atoms with Gasteiger partial charge in [0.05, 0.1) is 12.1 Å². The zero-order chi connectivity index (χ0) is 23.8. The number of nitrogens with one attached hydrogen (secondary N) is 1. The molecular weight excluding hydrogens is 435 g/mol. The number of thioether (sulfide) groups is 1. The lowest BCUT2D eigenvalue weighted by atomic mass is 9.95. The Morgan fingerprint density at radius 3 is 2.34 bits per heavy atom. The summed E-state index contributed by atoms with van der Waals surface area (Å²) in [5, 5.41) is 23.7. The summed E-state index contributed by atoms with van der Waals surface area (Å²) >= 11 is 1.50. The van der Waals surface area contributed by atoms with E-state index in [1.807, 2.05) is 6.26 Å². The van der Waals surface area contributed by atoms with Crippen molar-refractivity contribution in [2.45, 2.75) is 38.0 Å². The molecule has 2 amide bonds. The minimum atomic E-state index is -1.33. The summed E-state index contributed by atoms with van der Waals surface area (Å²) < 4.78 is 13.6. The first-order valence-electron chi connectivity index (χ1n) is 9.98. The summed E-state index contributed by atoms with van der Waals surface area (Å²) in [5.74, 6) is -1.70. The van der Waals surface area contributed by atoms with E-state index in [9.17, 15) is 29.0 Å². The van der Waals surface area contributed by atoms with Crippen LogP contribution in [0.25, 0.3) is 0 Å². The molecule has 0 bridgehead atoms. The summed E-state index contributed by atoms with van der Waals surface area (Å²) in [6, 6.07) is 8.62. The van der Waals surface area contributed by atoms with Gasteiger partial charge in [-0.2, -0.15) is 11.8 Å². The van der Waals surface area contributed by atoms with Crippen molar-refractivity contribution in [1.29, 1.82) is 0 Å². The zero-order valence-corrected chi connectivity index (χ0v) is 18.7. The molecule has 0 aliphatic carbocycles. The molecule has 3 atom stereocenters. The van der Waals surface area contributed by atoms with Crippen LogP contribution in [0.3, 0.4) is 0 Å². The third kappa shape index (κ3) is 7.15. The fraction of sp³-hybridized carbons (Fsp3) is 0.348. The van der Waals surface area contributed by atoms with Gasteiger partial charge >= 0.3 is 0 Å². The number of Topliss-reactive ketones (excluding diaryl/α,β-unsaturated/α-hetero) is 1. The fourth-order valence-electron chi connectivity index (χ4n) is 3.21. The van der Waals surface area contributed by atoms with E-state index in [0.29, 0.717) is 17.7 Å². The number of carbonyl (C=O) groups is 3. The molecule has 0 spiro atoms. The normalized spacial score (nSPS) is 13.8. The first-order valence-corrected chi connectivity index (χ1v) is 11.4. The molecule has 0 heterocycles. The number of hydrogen-bond acceptors (Lipinski definition) is 6. The predicted molar refractivity (Wildman–Crippen MR) is 121 cm³/mol. The molecule has 0 fully saturated rings. The first kappa shape index (κ1) is 25.5. The van der Waals surface area contributed by atoms with Gasteiger partial charge in [0.1, 0.15) is 11.9 Å². The lowest BCUT2D eigenvalue weighted by molar-refractivity contribution is -0.00406. The third-order valence-corrected chi connectivity index (χ3v) is 5.62. The number of rotatable bonds is 11. The molecule has 7 nitrogen and oxygen atoms in total. The quantitative estimate of drug-likeness (QED) is 0.378. The molecule has 0 saturated carbocycles. The van der Waals surface area contributed by atoms with Crippen molar-refractivity contribution in [2.24, 2.45) is 5.73 Å². The molecule has 0 aliphatic heterocycles. The Bertz CT molecular complexity index is 952. The summed E-state index contributed by atoms with van der Waals surface area (Å²) in [7, 11) is 0. The van der Waals surface area contributed by atoms with Gasteiger partial charge < -0.3 is 21.3 Å². The van der Waals surface area contributed by atoms with Crippen molar-refractivity contribution in [3.05, 3.63) is 70.5 Å². The number of amides is 2. The van der Waals surface area contributed by atoms with Gasteiger partial charge in [0.15, 0.2) is 5.78 Å². The molecule has 2 rings (SSSR count). The Balaban J connectivity index is 2.34. The van der Waals surface area contributed by atoms with Gasteiger partial charge in [-0.15, -0.1) is 0 Å². The molecular formula is C23H27FN2O5S. The van der Waals surface area contributed by atoms with E-state index in [4.69, 9.17) is 5.73 Å². The second kappa shape index (κ2) is 11.8. The van der Waals surface area contributed by atoms with Gasteiger partial charge in [-0.3, -0.25) is 14.4 Å². The number of aliphatic hydroxyl groups is 2. The van der Waals surface area contributed by atoms with Crippen molar-refractivity contribution >= 4 is 29.4 Å². The summed E-state index contributed by atoms with van der Waals surface area (Å²) in [6.07, 6.45) is -0.241. The molecule has 5 N–H and O–H groups in total. The minimum absolute atomic E-state index is 0.00143. The maximum atomic E-state index is 13.6. The van der Waals surface area contributed by atoms with Crippen molar-refractivity contribution in [3.8, 4) is 0 Å². The Hall–Kier alpha value is -2.75. The number of hydrogen-bond donors (Lipinski definition) is 4. The highest BCUT2D eigenvalue weighted by Crippen LogP contribution is 2.16. The Morgan fingerprint density at radius 1 is 1.09 bits per heavy atom. The van der Waals surface area contributed by atoms with Crippen LogP contribution in [0.5, 0.6) is 0 Å². The van der Waals surface area contributed by atoms with Crippen LogP contribution in [0, 0.1) is 5.82 Å². The first-order chi connectivity index (χ1) is 15.1. The van der Waals surface area contributed by atoms with E-state index in [-0.39, 0.29) is 28.9 Å². The maximum Gasteiger partial charge on any atom is 0.251 e. The van der Waals surface area contributed by atoms with Gasteiger partial charge in [0, 0.05) is 16.7 Å². The number of carbonyl (C=O) groups excluding carboxylic acids is 3. The lowest BCUT2D eigenvalue weighted by Crippen LogP contribution is -2.50. The smallest absolute Gasteiger partial charge is 0.251 e. The summed E-state index contributed by atoms with van der Waals surface area (Å²) in [4.78, 5) is 36.4. The van der Waals surface area contributed by atoms with Crippen LogP contribution < -0.4 is 11.1 Å². The number of primary amides is 1. The number of ketones is 1. The Morgan fingerprint density at radius 2 is 1.75 bits per heavy atom. The van der Waals surface area contributed by atoms with Crippen molar-refractivity contribution in [3.63, 3.8) is 0 Å². The Kier molecular flexibility index (Phi) is 9.37. The largest absolute Gasteiger partial charge is 0.390 e. The molecule has 172 valence electrons. The molecule has 0 saturated heterocycles. The third-order valence-electron chi connectivity index (χ3n) is 4.97. The number of nitrogens with two attached hydrogens (primary N) is 1. The molecule has 0 aromatic heterocycles. The van der Waals surface area contributed by atoms with Crippen LogP contribution in [0.2, 0.25) is 0 Å². The molecule has 2 aromatic carbocycles. The van der Waals surface area contributed by atoms with Gasteiger partial charge in [-0.25, -0.2) is 4.39 Å². The predicted octanol–water partition coefficient (Wildman–Crippen LogP) is 1.94. The van der Waals surface area contributed by atoms with Crippen LogP contribution in [0.15, 0.2) is 42.5 Å². The summed E-state index contributed by atoms with van der Waals surface area (Å²) in [6.45, 7) is 1.29. The lowest BCUT2D eigenvalue weighted by Gasteiger charge is -2.28. The highest BCUT2D eigenvalue weighted by molar-refractivity contribution is 7.98. The summed E-state index contributed by atoms with van der Waals surface area (Å²) in [5.41, 5.74) is 5.95. The molecule has 3 unspecified atom stereocenters. The highest BCUT2D eigenvalue weighted by Gasteiger charge is 2.28. The van der Waals surface area contributed by atoms with Crippen LogP contribution in [-0.2, 0) is 6.42 Å². The SMILES string of the molecule is CSCCC(O)C(O)C(Cc1cccc(F)c1)NC(=O)c1cc(C(C)=O)cc(C(N)=O)c1. The second-order valence-corrected chi connectivity index (χ2v) is 8.46. The van der Waals surface area contributed by atoms with E-state index < -0.39 is 35.9 Å². The average Bonchev–Trinajstić information content (AvgIpc) is 2.75. The zero-order valence-electron chi connectivity index (χ0n) is 17.9. The highest BCUT2D eigenvalue weighted by atomic mass is 32.2. The van der Waals surface area contributed by atoms with Gasteiger partial charge in [-0.05, 0) is 67.7 Å². The number of halogens is 1. The molecule has 2 aromatic rings. The maximum absolute atomic E-state index is 13.6. The van der Waals surface area contributed by atoms with Gasteiger partial charge in [0.2, 0.25) is 5.91 Å². The van der Waals surface area contributed by atoms with Crippen LogP contribution >= 0.6 is 11.8 Å². The molecule has 9 heteroatoms. The minimum Gasteiger partial charge on any atom is -0.390 e.